The van der Waals surface area contributed by atoms with Crippen LogP contribution in [0.3, 0.4) is 0 Å². The molecule has 1 rings (SSSR count). The van der Waals surface area contributed by atoms with Crippen molar-refractivity contribution in [3.63, 3.8) is 0 Å². The van der Waals surface area contributed by atoms with E-state index in [2.05, 4.69) is 6.92 Å². The Bertz CT molecular complexity index is 508. The summed E-state index contributed by atoms with van der Waals surface area (Å²) < 4.78 is 10.0. The van der Waals surface area contributed by atoms with E-state index < -0.39 is 0 Å². The Labute approximate surface area is 188 Å². The number of carbonyl (C=O) groups is 3. The fraction of sp³-hybridized carbons (Fsp3) is 0.870. The largest absolute Gasteiger partial charge is 0.466 e. The third-order valence-corrected chi connectivity index (χ3v) is 4.98. The summed E-state index contributed by atoms with van der Waals surface area (Å²) in [5, 5.41) is 8.96. The van der Waals surface area contributed by atoms with Crippen molar-refractivity contribution in [2.24, 2.45) is 5.92 Å². The molecule has 0 radical (unpaired) electrons. The number of hydrogen-bond donors (Lipinski definition) is 1. The lowest BCUT2D eigenvalue weighted by Crippen LogP contribution is -2.44. The van der Waals surface area contributed by atoms with E-state index in [4.69, 9.17) is 14.6 Å². The van der Waals surface area contributed by atoms with Gasteiger partial charge in [0.15, 0.2) is 0 Å². The van der Waals surface area contributed by atoms with Gasteiger partial charge < -0.3 is 24.4 Å². The normalized spacial score (nSPS) is 15.7. The first-order chi connectivity index (χ1) is 14.8. The van der Waals surface area contributed by atoms with E-state index in [1.54, 1.807) is 16.7 Å². The lowest BCUT2D eigenvalue weighted by molar-refractivity contribution is -0.144. The second kappa shape index (κ2) is 17.8. The van der Waals surface area contributed by atoms with Crippen LogP contribution in [0.2, 0.25) is 0 Å². The second-order valence-corrected chi connectivity index (χ2v) is 8.24. The molecule has 8 nitrogen and oxygen atoms in total. The first-order valence-corrected chi connectivity index (χ1v) is 11.7. The van der Waals surface area contributed by atoms with Crippen LogP contribution in [0.1, 0.15) is 79.6 Å². The minimum Gasteiger partial charge on any atom is -0.466 e. The summed E-state index contributed by atoms with van der Waals surface area (Å²) in [7, 11) is 0. The average Bonchev–Trinajstić information content (AvgIpc) is 2.73. The zero-order chi connectivity index (χ0) is 23.6. The Morgan fingerprint density at radius 1 is 1.13 bits per heavy atom. The van der Waals surface area contributed by atoms with E-state index in [1.165, 1.54) is 6.92 Å². The number of aliphatic hydroxyl groups is 1. The Hall–Kier alpha value is -1.83. The first kappa shape index (κ1) is 29.2. The Morgan fingerprint density at radius 3 is 2.39 bits per heavy atom. The number of likely N-dealkylation sites (tertiary alicyclic amines) is 1. The summed E-state index contributed by atoms with van der Waals surface area (Å²) in [5.74, 6) is 0.151. The monoisotopic (exact) mass is 444 g/mol. The molecule has 0 spiro atoms. The van der Waals surface area contributed by atoms with Crippen LogP contribution in [0.4, 0.5) is 4.79 Å². The van der Waals surface area contributed by atoms with Crippen LogP contribution in [-0.2, 0) is 19.1 Å². The van der Waals surface area contributed by atoms with Crippen molar-refractivity contribution in [3.8, 4) is 0 Å². The molecule has 0 aliphatic carbocycles. The quantitative estimate of drug-likeness (QED) is 0.489. The maximum atomic E-state index is 11.8. The maximum Gasteiger partial charge on any atom is 0.410 e. The van der Waals surface area contributed by atoms with Crippen LogP contribution in [-0.4, -0.2) is 78.4 Å². The molecule has 0 aromatic carbocycles. The molecule has 1 aliphatic heterocycles. The van der Waals surface area contributed by atoms with Gasteiger partial charge in [0.2, 0.25) is 5.91 Å². The van der Waals surface area contributed by atoms with Crippen LogP contribution in [0.5, 0.6) is 0 Å². The molecule has 8 heteroatoms. The van der Waals surface area contributed by atoms with Gasteiger partial charge in [-0.3, -0.25) is 9.59 Å². The second-order valence-electron chi connectivity index (χ2n) is 8.24. The van der Waals surface area contributed by atoms with Crippen LogP contribution in [0.25, 0.3) is 0 Å². The number of nitrogens with zero attached hydrogens (tertiary/aromatic N) is 2. The summed E-state index contributed by atoms with van der Waals surface area (Å²) in [6.07, 6.45) is 5.92. The fourth-order valence-corrected chi connectivity index (χ4v) is 3.25. The highest BCUT2D eigenvalue weighted by Crippen LogP contribution is 2.20. The SMILES string of the molecule is CC(C)COC(=O)N1CCCCC1CCO.CCCCN(CCC(=O)OCC)C(C)=O. The molecule has 1 N–H and O–H groups in total. The molecule has 2 amide bonds. The van der Waals surface area contributed by atoms with Crippen molar-refractivity contribution in [2.75, 3.05) is 39.5 Å². The molecular weight excluding hydrogens is 400 g/mol. The predicted molar refractivity (Wildman–Crippen MR) is 121 cm³/mol. The Kier molecular flexibility index (Phi) is 16.8. The molecule has 182 valence electrons. The molecule has 0 aromatic rings. The molecule has 0 bridgehead atoms. The molecular formula is C23H44N2O6. The van der Waals surface area contributed by atoms with Gasteiger partial charge >= 0.3 is 12.1 Å². The van der Waals surface area contributed by atoms with Gasteiger partial charge in [0, 0.05) is 39.2 Å². The van der Waals surface area contributed by atoms with Gasteiger partial charge in [-0.1, -0.05) is 27.2 Å². The number of aliphatic hydroxyl groups excluding tert-OH is 1. The van der Waals surface area contributed by atoms with E-state index >= 15 is 0 Å². The van der Waals surface area contributed by atoms with Crippen LogP contribution < -0.4 is 0 Å². The van der Waals surface area contributed by atoms with Gasteiger partial charge in [-0.05, 0) is 44.9 Å². The van der Waals surface area contributed by atoms with Crippen LogP contribution in [0.15, 0.2) is 0 Å². The number of amides is 2. The lowest BCUT2D eigenvalue weighted by Gasteiger charge is -2.34. The summed E-state index contributed by atoms with van der Waals surface area (Å²) >= 11 is 0. The Morgan fingerprint density at radius 2 is 1.84 bits per heavy atom. The topological polar surface area (TPSA) is 96.4 Å². The zero-order valence-electron chi connectivity index (χ0n) is 20.2. The van der Waals surface area contributed by atoms with Crippen molar-refractivity contribution in [2.45, 2.75) is 85.6 Å². The average molecular weight is 445 g/mol. The minimum atomic E-state index is -0.236. The summed E-state index contributed by atoms with van der Waals surface area (Å²) in [6, 6.07) is 0.165. The van der Waals surface area contributed by atoms with E-state index in [9.17, 15) is 14.4 Å². The maximum absolute atomic E-state index is 11.8. The number of carbonyl (C=O) groups excluding carboxylic acids is 3. The molecule has 1 fully saturated rings. The molecule has 1 aliphatic rings. The molecule has 1 heterocycles. The van der Waals surface area contributed by atoms with E-state index in [0.29, 0.717) is 32.1 Å². The third kappa shape index (κ3) is 14.0. The first-order valence-electron chi connectivity index (χ1n) is 11.7. The van der Waals surface area contributed by atoms with Crippen molar-refractivity contribution < 1.29 is 29.0 Å². The highest BCUT2D eigenvalue weighted by molar-refractivity contribution is 5.75. The number of ether oxygens (including phenoxy) is 2. The lowest BCUT2D eigenvalue weighted by atomic mass is 10.0. The van der Waals surface area contributed by atoms with Gasteiger partial charge in [0.1, 0.15) is 0 Å². The number of unbranched alkanes of at least 4 members (excludes halogenated alkanes) is 1. The van der Waals surface area contributed by atoms with E-state index in [-0.39, 0.29) is 37.0 Å². The number of hydrogen-bond acceptors (Lipinski definition) is 6. The van der Waals surface area contributed by atoms with Crippen molar-refractivity contribution in [1.29, 1.82) is 0 Å². The van der Waals surface area contributed by atoms with Crippen molar-refractivity contribution >= 4 is 18.0 Å². The standard InChI is InChI=1S/C12H23NO3.C11H21NO3/c1-10(2)9-16-12(15)13-7-4-3-5-11(13)6-8-14;1-4-6-8-12(10(3)13)9-7-11(14)15-5-2/h10-11,14H,3-9H2,1-2H3;4-9H2,1-3H3. The van der Waals surface area contributed by atoms with Gasteiger partial charge in [0.05, 0.1) is 19.6 Å². The van der Waals surface area contributed by atoms with E-state index in [0.717, 1.165) is 45.2 Å². The van der Waals surface area contributed by atoms with Gasteiger partial charge in [0.25, 0.3) is 0 Å². The van der Waals surface area contributed by atoms with E-state index in [1.807, 2.05) is 13.8 Å². The highest BCUT2D eigenvalue weighted by atomic mass is 16.6. The number of piperidine rings is 1. The van der Waals surface area contributed by atoms with Crippen molar-refractivity contribution in [3.05, 3.63) is 0 Å². The van der Waals surface area contributed by atoms with Gasteiger partial charge in [-0.25, -0.2) is 4.79 Å². The summed E-state index contributed by atoms with van der Waals surface area (Å²) in [5.41, 5.74) is 0. The molecule has 1 unspecified atom stereocenters. The molecule has 31 heavy (non-hydrogen) atoms. The number of rotatable bonds is 11. The summed E-state index contributed by atoms with van der Waals surface area (Å²) in [6.45, 7) is 12.4. The fourth-order valence-electron chi connectivity index (χ4n) is 3.25. The molecule has 1 saturated heterocycles. The third-order valence-electron chi connectivity index (χ3n) is 4.98. The van der Waals surface area contributed by atoms with Crippen LogP contribution in [0, 0.1) is 5.92 Å². The smallest absolute Gasteiger partial charge is 0.410 e. The molecule has 0 aromatic heterocycles. The molecule has 0 saturated carbocycles. The highest BCUT2D eigenvalue weighted by Gasteiger charge is 2.27. The number of esters is 1. The predicted octanol–water partition coefficient (Wildman–Crippen LogP) is 3.60. The van der Waals surface area contributed by atoms with Crippen LogP contribution >= 0.6 is 0 Å². The van der Waals surface area contributed by atoms with Crippen molar-refractivity contribution in [1.82, 2.24) is 9.80 Å². The summed E-state index contributed by atoms with van der Waals surface area (Å²) in [4.78, 5) is 37.6. The zero-order valence-corrected chi connectivity index (χ0v) is 20.2. The molecule has 1 atom stereocenters. The van der Waals surface area contributed by atoms with Gasteiger partial charge in [-0.15, -0.1) is 0 Å². The minimum absolute atomic E-state index is 0.0211. The van der Waals surface area contributed by atoms with Gasteiger partial charge in [-0.2, -0.15) is 0 Å². The Balaban J connectivity index is 0.000000582.